The average Bonchev–Trinajstić information content (AvgIpc) is 2.91. The number of hydrogen-bond donors (Lipinski definition) is 2. The molecule has 0 aliphatic heterocycles. The summed E-state index contributed by atoms with van der Waals surface area (Å²) in [6.07, 6.45) is 8.18. The molecule has 6 nitrogen and oxygen atoms in total. The lowest BCUT2D eigenvalue weighted by Gasteiger charge is -2.14. The average molecular weight is 276 g/mol. The van der Waals surface area contributed by atoms with Crippen molar-refractivity contribution in [3.8, 4) is 0 Å². The van der Waals surface area contributed by atoms with Crippen molar-refractivity contribution >= 4 is 17.3 Å². The van der Waals surface area contributed by atoms with Crippen molar-refractivity contribution < 1.29 is 9.90 Å². The summed E-state index contributed by atoms with van der Waals surface area (Å²) in [7, 11) is 0. The number of carbonyl (C=O) groups is 1. The molecule has 0 radical (unpaired) electrons. The van der Waals surface area contributed by atoms with Gasteiger partial charge in [0.1, 0.15) is 5.52 Å². The van der Waals surface area contributed by atoms with Crippen molar-refractivity contribution in [2.45, 2.75) is 32.6 Å². The molecule has 0 saturated carbocycles. The molecule has 2 aromatic rings. The van der Waals surface area contributed by atoms with E-state index in [9.17, 15) is 4.79 Å². The van der Waals surface area contributed by atoms with Gasteiger partial charge in [-0.25, -0.2) is 9.50 Å². The Morgan fingerprint density at radius 2 is 2.30 bits per heavy atom. The Hall–Kier alpha value is -2.11. The highest BCUT2D eigenvalue weighted by Gasteiger charge is 2.09. The summed E-state index contributed by atoms with van der Waals surface area (Å²) in [5.41, 5.74) is 0.950. The van der Waals surface area contributed by atoms with E-state index in [0.717, 1.165) is 37.1 Å². The molecule has 20 heavy (non-hydrogen) atoms. The van der Waals surface area contributed by atoms with Gasteiger partial charge in [-0.2, -0.15) is 5.10 Å². The maximum absolute atomic E-state index is 10.6. The summed E-state index contributed by atoms with van der Waals surface area (Å²) >= 11 is 0. The quantitative estimate of drug-likeness (QED) is 0.774. The zero-order valence-electron chi connectivity index (χ0n) is 11.6. The van der Waals surface area contributed by atoms with Crippen LogP contribution in [-0.2, 0) is 4.79 Å². The number of hydrogen-bond acceptors (Lipinski definition) is 4. The first-order chi connectivity index (χ1) is 9.70. The lowest BCUT2D eigenvalue weighted by Crippen LogP contribution is -2.11. The molecule has 0 aromatic carbocycles. The highest BCUT2D eigenvalue weighted by atomic mass is 16.4. The van der Waals surface area contributed by atoms with Gasteiger partial charge in [0.05, 0.1) is 6.20 Å². The van der Waals surface area contributed by atoms with E-state index >= 15 is 0 Å². The predicted octanol–water partition coefficient (Wildman–Crippen LogP) is 2.42. The van der Waals surface area contributed by atoms with E-state index in [1.165, 1.54) is 0 Å². The summed E-state index contributed by atoms with van der Waals surface area (Å²) in [4.78, 5) is 14.9. The van der Waals surface area contributed by atoms with Crippen molar-refractivity contribution in [3.05, 3.63) is 24.7 Å². The molecule has 0 aliphatic rings. The maximum Gasteiger partial charge on any atom is 0.303 e. The zero-order valence-corrected chi connectivity index (χ0v) is 11.6. The van der Waals surface area contributed by atoms with Crippen LogP contribution >= 0.6 is 0 Å². The standard InChI is InChI=1S/C14H20N4O2/c1-2-11(3-4-13(19)20)5-7-15-14-12-6-8-17-18(12)10-9-16-14/h6,8-11H,2-5,7H2,1H3,(H,15,16)(H,19,20). The van der Waals surface area contributed by atoms with Crippen molar-refractivity contribution in [2.24, 2.45) is 5.92 Å². The van der Waals surface area contributed by atoms with Crippen molar-refractivity contribution in [2.75, 3.05) is 11.9 Å². The zero-order chi connectivity index (χ0) is 14.4. The van der Waals surface area contributed by atoms with Gasteiger partial charge in [0.2, 0.25) is 0 Å². The molecule has 1 unspecified atom stereocenters. The Morgan fingerprint density at radius 3 is 3.05 bits per heavy atom. The van der Waals surface area contributed by atoms with Gasteiger partial charge in [-0.05, 0) is 24.8 Å². The number of carboxylic acid groups (broad SMARTS) is 1. The fraction of sp³-hybridized carbons (Fsp3) is 0.500. The van der Waals surface area contributed by atoms with Gasteiger partial charge < -0.3 is 10.4 Å². The number of nitrogens with zero attached hydrogens (tertiary/aromatic N) is 3. The van der Waals surface area contributed by atoms with Crippen LogP contribution in [0.15, 0.2) is 24.7 Å². The number of aromatic nitrogens is 3. The fourth-order valence-electron chi connectivity index (χ4n) is 2.27. The van der Waals surface area contributed by atoms with Crippen molar-refractivity contribution in [1.82, 2.24) is 14.6 Å². The van der Waals surface area contributed by atoms with Gasteiger partial charge in [-0.1, -0.05) is 13.3 Å². The molecule has 2 rings (SSSR count). The second-order valence-corrected chi connectivity index (χ2v) is 4.86. The number of anilines is 1. The molecule has 0 aliphatic carbocycles. The molecule has 0 saturated heterocycles. The Balaban J connectivity index is 1.85. The van der Waals surface area contributed by atoms with E-state index in [-0.39, 0.29) is 6.42 Å². The van der Waals surface area contributed by atoms with Crippen LogP contribution in [-0.4, -0.2) is 32.2 Å². The maximum atomic E-state index is 10.6. The summed E-state index contributed by atoms with van der Waals surface area (Å²) in [5.74, 6) is 0.531. The van der Waals surface area contributed by atoms with Gasteiger partial charge >= 0.3 is 5.97 Å². The van der Waals surface area contributed by atoms with Crippen LogP contribution in [0, 0.1) is 5.92 Å². The molecular formula is C14H20N4O2. The van der Waals surface area contributed by atoms with Gasteiger partial charge in [-0.3, -0.25) is 4.79 Å². The van der Waals surface area contributed by atoms with Gasteiger partial charge in [-0.15, -0.1) is 0 Å². The van der Waals surface area contributed by atoms with Gasteiger partial charge in [0.15, 0.2) is 5.82 Å². The molecule has 108 valence electrons. The molecule has 2 aromatic heterocycles. The molecule has 6 heteroatoms. The second-order valence-electron chi connectivity index (χ2n) is 4.86. The molecular weight excluding hydrogens is 256 g/mol. The number of rotatable bonds is 8. The van der Waals surface area contributed by atoms with E-state index in [4.69, 9.17) is 5.11 Å². The highest BCUT2D eigenvalue weighted by molar-refractivity contribution is 5.67. The molecule has 0 amide bonds. The first kappa shape index (κ1) is 14.3. The summed E-state index contributed by atoms with van der Waals surface area (Å²) in [5, 5.41) is 16.2. The molecule has 1 atom stereocenters. The van der Waals surface area contributed by atoms with Crippen LogP contribution < -0.4 is 5.32 Å². The van der Waals surface area contributed by atoms with Gasteiger partial charge in [0.25, 0.3) is 0 Å². The van der Waals surface area contributed by atoms with E-state index in [2.05, 4.69) is 22.3 Å². The Bertz CT molecular complexity index is 567. The third kappa shape index (κ3) is 3.69. The largest absolute Gasteiger partial charge is 0.481 e. The van der Waals surface area contributed by atoms with Crippen LogP contribution in [0.25, 0.3) is 5.52 Å². The van der Waals surface area contributed by atoms with Crippen LogP contribution in [0.3, 0.4) is 0 Å². The minimum atomic E-state index is -0.720. The number of carboxylic acids is 1. The molecule has 2 heterocycles. The van der Waals surface area contributed by atoms with E-state index < -0.39 is 5.97 Å². The Morgan fingerprint density at radius 1 is 1.45 bits per heavy atom. The van der Waals surface area contributed by atoms with Crippen molar-refractivity contribution in [3.63, 3.8) is 0 Å². The second kappa shape index (κ2) is 6.88. The normalized spacial score (nSPS) is 12.4. The Kier molecular flexibility index (Phi) is 4.92. The lowest BCUT2D eigenvalue weighted by molar-refractivity contribution is -0.137. The van der Waals surface area contributed by atoms with Crippen LogP contribution in [0.5, 0.6) is 0 Å². The SMILES string of the molecule is CCC(CCNc1nccn2nccc12)CCC(=O)O. The minimum Gasteiger partial charge on any atom is -0.481 e. The third-order valence-electron chi connectivity index (χ3n) is 3.51. The molecule has 2 N–H and O–H groups in total. The first-order valence-electron chi connectivity index (χ1n) is 6.94. The molecule has 0 fully saturated rings. The number of fused-ring (bicyclic) bond motifs is 1. The molecule has 0 bridgehead atoms. The lowest BCUT2D eigenvalue weighted by atomic mass is 9.97. The molecule has 0 spiro atoms. The van der Waals surface area contributed by atoms with E-state index in [1.807, 2.05) is 12.3 Å². The highest BCUT2D eigenvalue weighted by Crippen LogP contribution is 2.17. The first-order valence-corrected chi connectivity index (χ1v) is 6.94. The van der Waals surface area contributed by atoms with Crippen LogP contribution in [0.4, 0.5) is 5.82 Å². The fourth-order valence-corrected chi connectivity index (χ4v) is 2.27. The summed E-state index contributed by atoms with van der Waals surface area (Å²) < 4.78 is 1.77. The summed E-state index contributed by atoms with van der Waals surface area (Å²) in [6, 6.07) is 1.91. The smallest absolute Gasteiger partial charge is 0.303 e. The van der Waals surface area contributed by atoms with Crippen molar-refractivity contribution in [1.29, 1.82) is 0 Å². The number of nitrogens with one attached hydrogen (secondary N) is 1. The van der Waals surface area contributed by atoms with E-state index in [1.54, 1.807) is 16.9 Å². The predicted molar refractivity (Wildman–Crippen MR) is 76.7 cm³/mol. The van der Waals surface area contributed by atoms with Crippen LogP contribution in [0.1, 0.15) is 32.6 Å². The monoisotopic (exact) mass is 276 g/mol. The number of aliphatic carboxylic acids is 1. The Labute approximate surface area is 117 Å². The summed E-state index contributed by atoms with van der Waals surface area (Å²) in [6.45, 7) is 2.89. The third-order valence-corrected chi connectivity index (χ3v) is 3.51. The van der Waals surface area contributed by atoms with Crippen LogP contribution in [0.2, 0.25) is 0 Å². The minimum absolute atomic E-state index is 0.245. The topological polar surface area (TPSA) is 79.5 Å². The van der Waals surface area contributed by atoms with E-state index in [0.29, 0.717) is 5.92 Å². The van der Waals surface area contributed by atoms with Gasteiger partial charge in [0, 0.05) is 25.4 Å².